The number of carbonyl (C=O) groups is 2. The maximum atomic E-state index is 12.0. The Hall–Kier alpha value is -3.33. The zero-order valence-corrected chi connectivity index (χ0v) is 12.8. The van der Waals surface area contributed by atoms with Gasteiger partial charge in [0, 0.05) is 12.1 Å². The molecule has 1 aliphatic rings. The van der Waals surface area contributed by atoms with Crippen molar-refractivity contribution < 1.29 is 14.3 Å². The molecule has 0 radical (unpaired) electrons. The molecule has 0 saturated carbocycles. The number of anilines is 2. The molecule has 0 saturated heterocycles. The van der Waals surface area contributed by atoms with Crippen LogP contribution in [-0.2, 0) is 16.0 Å². The molecule has 6 nitrogen and oxygen atoms in total. The van der Waals surface area contributed by atoms with Crippen molar-refractivity contribution in [1.29, 1.82) is 5.26 Å². The van der Waals surface area contributed by atoms with Gasteiger partial charge in [0.2, 0.25) is 5.91 Å². The van der Waals surface area contributed by atoms with E-state index in [-0.39, 0.29) is 18.4 Å². The minimum atomic E-state index is -0.185. The van der Waals surface area contributed by atoms with Gasteiger partial charge in [-0.15, -0.1) is 0 Å². The largest absolute Gasteiger partial charge is 0.482 e. The Balaban J connectivity index is 1.59. The third kappa shape index (κ3) is 3.70. The fourth-order valence-corrected chi connectivity index (χ4v) is 2.43. The van der Waals surface area contributed by atoms with Crippen LogP contribution in [0.15, 0.2) is 42.5 Å². The predicted molar refractivity (Wildman–Crippen MR) is 88.7 cm³/mol. The second-order valence-electron chi connectivity index (χ2n) is 5.41. The van der Waals surface area contributed by atoms with Crippen molar-refractivity contribution in [3.8, 4) is 11.8 Å². The number of aryl methyl sites for hydroxylation is 1. The summed E-state index contributed by atoms with van der Waals surface area (Å²) in [6, 6.07) is 14.3. The number of fused-ring (bicyclic) bond motifs is 1. The normalized spacial score (nSPS) is 12.4. The van der Waals surface area contributed by atoms with Gasteiger partial charge in [-0.05, 0) is 42.3 Å². The summed E-state index contributed by atoms with van der Waals surface area (Å²) in [6.45, 7) is 0.0243. The quantitative estimate of drug-likeness (QED) is 0.905. The first kappa shape index (κ1) is 15.6. The third-order valence-corrected chi connectivity index (χ3v) is 3.59. The fraction of sp³-hybridized carbons (Fsp3) is 0.167. The lowest BCUT2D eigenvalue weighted by Gasteiger charge is -2.18. The molecule has 1 heterocycles. The zero-order valence-electron chi connectivity index (χ0n) is 12.8. The van der Waals surface area contributed by atoms with E-state index in [1.54, 1.807) is 30.3 Å². The first-order valence-corrected chi connectivity index (χ1v) is 7.49. The summed E-state index contributed by atoms with van der Waals surface area (Å²) in [5.74, 6) is 0.314. The average molecular weight is 321 g/mol. The number of hydrogen-bond acceptors (Lipinski definition) is 4. The summed E-state index contributed by atoms with van der Waals surface area (Å²) in [5, 5.41) is 14.4. The number of nitrogens with zero attached hydrogens (tertiary/aromatic N) is 1. The number of hydrogen-bond donors (Lipinski definition) is 2. The standard InChI is InChI=1S/C18H15N3O3/c19-10-13-2-1-3-14(8-13)20-17(22)7-5-12-4-6-16-15(9-12)21-18(23)11-24-16/h1-4,6,8-9H,5,7,11H2,(H,20,22)(H,21,23). The van der Waals surface area contributed by atoms with Crippen LogP contribution < -0.4 is 15.4 Å². The van der Waals surface area contributed by atoms with Gasteiger partial charge in [0.05, 0.1) is 17.3 Å². The Bertz CT molecular complexity index is 840. The van der Waals surface area contributed by atoms with Crippen molar-refractivity contribution in [2.24, 2.45) is 0 Å². The first-order chi connectivity index (χ1) is 11.6. The second kappa shape index (κ2) is 6.84. The van der Waals surface area contributed by atoms with Crippen molar-refractivity contribution in [3.05, 3.63) is 53.6 Å². The van der Waals surface area contributed by atoms with Crippen LogP contribution in [0.2, 0.25) is 0 Å². The number of rotatable bonds is 4. The van der Waals surface area contributed by atoms with Gasteiger partial charge >= 0.3 is 0 Å². The molecule has 0 spiro atoms. The van der Waals surface area contributed by atoms with E-state index in [9.17, 15) is 9.59 Å². The lowest BCUT2D eigenvalue weighted by molar-refractivity contribution is -0.118. The Kier molecular flexibility index (Phi) is 4.43. The molecule has 0 aliphatic carbocycles. The van der Waals surface area contributed by atoms with Gasteiger partial charge in [0.1, 0.15) is 5.75 Å². The Labute approximate surface area is 139 Å². The van der Waals surface area contributed by atoms with Crippen LogP contribution in [0, 0.1) is 11.3 Å². The van der Waals surface area contributed by atoms with E-state index < -0.39 is 0 Å². The van der Waals surface area contributed by atoms with Gasteiger partial charge in [0.15, 0.2) is 6.61 Å². The first-order valence-electron chi connectivity index (χ1n) is 7.49. The smallest absolute Gasteiger partial charge is 0.262 e. The van der Waals surface area contributed by atoms with Gasteiger partial charge in [-0.25, -0.2) is 0 Å². The van der Waals surface area contributed by atoms with E-state index in [2.05, 4.69) is 10.6 Å². The van der Waals surface area contributed by atoms with Gasteiger partial charge in [-0.1, -0.05) is 12.1 Å². The molecular weight excluding hydrogens is 306 g/mol. The number of amides is 2. The minimum Gasteiger partial charge on any atom is -0.482 e. The summed E-state index contributed by atoms with van der Waals surface area (Å²) in [6.07, 6.45) is 0.831. The van der Waals surface area contributed by atoms with Crippen LogP contribution in [-0.4, -0.2) is 18.4 Å². The fourth-order valence-electron chi connectivity index (χ4n) is 2.43. The zero-order chi connectivity index (χ0) is 16.9. The molecule has 2 aromatic rings. The number of carbonyl (C=O) groups excluding carboxylic acids is 2. The Morgan fingerprint density at radius 3 is 3.00 bits per heavy atom. The predicted octanol–water partition coefficient (Wildman–Crippen LogP) is 2.46. The van der Waals surface area contributed by atoms with Crippen LogP contribution in [0.3, 0.4) is 0 Å². The molecule has 0 unspecified atom stereocenters. The number of benzene rings is 2. The molecule has 0 atom stereocenters. The van der Waals surface area contributed by atoms with E-state index in [4.69, 9.17) is 10.00 Å². The summed E-state index contributed by atoms with van der Waals surface area (Å²) >= 11 is 0. The molecule has 3 rings (SSSR count). The lowest BCUT2D eigenvalue weighted by Crippen LogP contribution is -2.25. The van der Waals surface area contributed by atoms with Crippen LogP contribution in [0.25, 0.3) is 0 Å². The van der Waals surface area contributed by atoms with Gasteiger partial charge in [0.25, 0.3) is 5.91 Å². The molecule has 2 aromatic carbocycles. The Morgan fingerprint density at radius 2 is 2.17 bits per heavy atom. The molecule has 1 aliphatic heterocycles. The van der Waals surface area contributed by atoms with Crippen LogP contribution in [0.4, 0.5) is 11.4 Å². The summed E-state index contributed by atoms with van der Waals surface area (Å²) in [4.78, 5) is 23.4. The summed E-state index contributed by atoms with van der Waals surface area (Å²) in [7, 11) is 0. The van der Waals surface area contributed by atoms with Crippen LogP contribution in [0.5, 0.6) is 5.75 Å². The topological polar surface area (TPSA) is 91.2 Å². The van der Waals surface area contributed by atoms with E-state index in [1.807, 2.05) is 18.2 Å². The third-order valence-electron chi connectivity index (χ3n) is 3.59. The lowest BCUT2D eigenvalue weighted by atomic mass is 10.1. The summed E-state index contributed by atoms with van der Waals surface area (Å²) in [5.41, 5.74) is 2.66. The maximum absolute atomic E-state index is 12.0. The molecule has 0 aromatic heterocycles. The number of nitrogens with one attached hydrogen (secondary N) is 2. The van der Waals surface area contributed by atoms with Crippen molar-refractivity contribution in [2.45, 2.75) is 12.8 Å². The van der Waals surface area contributed by atoms with Crippen molar-refractivity contribution in [3.63, 3.8) is 0 Å². The van der Waals surface area contributed by atoms with Gasteiger partial charge < -0.3 is 15.4 Å². The van der Waals surface area contributed by atoms with E-state index in [0.717, 1.165) is 5.56 Å². The highest BCUT2D eigenvalue weighted by Crippen LogP contribution is 2.28. The van der Waals surface area contributed by atoms with E-state index >= 15 is 0 Å². The molecular formula is C18H15N3O3. The van der Waals surface area contributed by atoms with Crippen LogP contribution >= 0.6 is 0 Å². The SMILES string of the molecule is N#Cc1cccc(NC(=O)CCc2ccc3c(c2)NC(=O)CO3)c1. The van der Waals surface area contributed by atoms with E-state index in [1.165, 1.54) is 0 Å². The molecule has 0 fully saturated rings. The van der Waals surface area contributed by atoms with Crippen molar-refractivity contribution in [1.82, 2.24) is 0 Å². The maximum Gasteiger partial charge on any atom is 0.262 e. The highest BCUT2D eigenvalue weighted by atomic mass is 16.5. The average Bonchev–Trinajstić information content (AvgIpc) is 2.59. The molecule has 120 valence electrons. The Morgan fingerprint density at radius 1 is 1.29 bits per heavy atom. The molecule has 6 heteroatoms. The van der Waals surface area contributed by atoms with Crippen LogP contribution in [0.1, 0.15) is 17.5 Å². The summed E-state index contributed by atoms with van der Waals surface area (Å²) < 4.78 is 5.30. The van der Waals surface area contributed by atoms with Gasteiger partial charge in [-0.2, -0.15) is 5.26 Å². The van der Waals surface area contributed by atoms with Crippen molar-refractivity contribution >= 4 is 23.2 Å². The number of nitriles is 1. The molecule has 2 N–H and O–H groups in total. The molecule has 24 heavy (non-hydrogen) atoms. The van der Waals surface area contributed by atoms with Gasteiger partial charge in [-0.3, -0.25) is 9.59 Å². The highest BCUT2D eigenvalue weighted by molar-refractivity contribution is 5.95. The highest BCUT2D eigenvalue weighted by Gasteiger charge is 2.16. The second-order valence-corrected chi connectivity index (χ2v) is 5.41. The van der Waals surface area contributed by atoms with Crippen molar-refractivity contribution in [2.75, 3.05) is 17.2 Å². The van der Waals surface area contributed by atoms with E-state index in [0.29, 0.717) is 35.5 Å². The molecule has 0 bridgehead atoms. The monoisotopic (exact) mass is 321 g/mol. The number of ether oxygens (including phenoxy) is 1. The minimum absolute atomic E-state index is 0.0243. The molecule has 2 amide bonds.